The Labute approximate surface area is 102 Å². The molecule has 5 nitrogen and oxygen atoms in total. The van der Waals surface area contributed by atoms with E-state index in [0.29, 0.717) is 12.1 Å². The van der Waals surface area contributed by atoms with Gasteiger partial charge in [0.25, 0.3) is 0 Å². The van der Waals surface area contributed by atoms with Crippen molar-refractivity contribution in [2.24, 2.45) is 5.73 Å². The molecule has 0 radical (unpaired) electrons. The number of sulfonamides is 1. The van der Waals surface area contributed by atoms with Crippen molar-refractivity contribution in [2.75, 3.05) is 20.2 Å². The van der Waals surface area contributed by atoms with Crippen molar-refractivity contribution in [3.8, 4) is 0 Å². The number of nitrogens with zero attached hydrogens (tertiary/aromatic N) is 1. The molecule has 0 fully saturated rings. The maximum absolute atomic E-state index is 11.9. The first-order chi connectivity index (χ1) is 8.01. The standard InChI is InChI=1S/C11H18N2O3S/c1-13(6-7-14)17(15,16)9-11-5-3-2-4-10(11)8-12/h2-5,14H,6-9,12H2,1H3. The maximum Gasteiger partial charge on any atom is 0.218 e. The number of hydrogen-bond acceptors (Lipinski definition) is 4. The van der Waals surface area contributed by atoms with E-state index < -0.39 is 10.0 Å². The third-order valence-electron chi connectivity index (χ3n) is 2.57. The highest BCUT2D eigenvalue weighted by molar-refractivity contribution is 7.88. The van der Waals surface area contributed by atoms with Crippen LogP contribution in [-0.4, -0.2) is 38.0 Å². The number of rotatable bonds is 6. The maximum atomic E-state index is 11.9. The number of benzene rings is 1. The molecule has 0 aliphatic rings. The van der Waals surface area contributed by atoms with Gasteiger partial charge in [0.1, 0.15) is 0 Å². The van der Waals surface area contributed by atoms with Gasteiger partial charge < -0.3 is 10.8 Å². The van der Waals surface area contributed by atoms with Gasteiger partial charge in [-0.25, -0.2) is 12.7 Å². The average Bonchev–Trinajstić information content (AvgIpc) is 2.29. The lowest BCUT2D eigenvalue weighted by Gasteiger charge is -2.17. The molecule has 0 spiro atoms. The van der Waals surface area contributed by atoms with Gasteiger partial charge in [0.2, 0.25) is 10.0 Å². The first-order valence-corrected chi connectivity index (χ1v) is 6.94. The Morgan fingerprint density at radius 1 is 1.29 bits per heavy atom. The minimum atomic E-state index is -3.39. The van der Waals surface area contributed by atoms with E-state index in [1.807, 2.05) is 12.1 Å². The third kappa shape index (κ3) is 3.78. The van der Waals surface area contributed by atoms with E-state index in [-0.39, 0.29) is 18.9 Å². The summed E-state index contributed by atoms with van der Waals surface area (Å²) in [6.45, 7) is 0.233. The molecule has 17 heavy (non-hydrogen) atoms. The summed E-state index contributed by atoms with van der Waals surface area (Å²) in [5.41, 5.74) is 7.09. The molecule has 1 rings (SSSR count). The predicted octanol–water partition coefficient (Wildman–Crippen LogP) is -0.101. The molecule has 0 aliphatic carbocycles. The number of nitrogens with two attached hydrogens (primary N) is 1. The Morgan fingerprint density at radius 3 is 2.41 bits per heavy atom. The van der Waals surface area contributed by atoms with Crippen molar-refractivity contribution in [3.05, 3.63) is 35.4 Å². The molecule has 6 heteroatoms. The minimum Gasteiger partial charge on any atom is -0.395 e. The predicted molar refractivity (Wildman–Crippen MR) is 66.7 cm³/mol. The zero-order valence-electron chi connectivity index (χ0n) is 9.83. The molecule has 0 saturated carbocycles. The molecular formula is C11H18N2O3S. The molecule has 96 valence electrons. The summed E-state index contributed by atoms with van der Waals surface area (Å²) < 4.78 is 25.0. The zero-order chi connectivity index (χ0) is 12.9. The van der Waals surface area contributed by atoms with Gasteiger partial charge in [-0.15, -0.1) is 0 Å². The Bertz CT molecular complexity index is 460. The van der Waals surface area contributed by atoms with Crippen molar-refractivity contribution in [2.45, 2.75) is 12.3 Å². The van der Waals surface area contributed by atoms with Crippen molar-refractivity contribution in [1.82, 2.24) is 4.31 Å². The average molecular weight is 258 g/mol. The summed E-state index contributed by atoms with van der Waals surface area (Å²) in [6, 6.07) is 7.19. The molecule has 0 amide bonds. The Kier molecular flexibility index (Phi) is 5.07. The lowest BCUT2D eigenvalue weighted by atomic mass is 10.1. The monoisotopic (exact) mass is 258 g/mol. The van der Waals surface area contributed by atoms with Crippen LogP contribution in [0.2, 0.25) is 0 Å². The van der Waals surface area contributed by atoms with E-state index in [1.54, 1.807) is 12.1 Å². The smallest absolute Gasteiger partial charge is 0.218 e. The third-order valence-corrected chi connectivity index (χ3v) is 4.37. The van der Waals surface area contributed by atoms with Crippen LogP contribution in [0, 0.1) is 0 Å². The lowest BCUT2D eigenvalue weighted by molar-refractivity contribution is 0.266. The van der Waals surface area contributed by atoms with Crippen molar-refractivity contribution >= 4 is 10.0 Å². The molecule has 0 saturated heterocycles. The van der Waals surface area contributed by atoms with Gasteiger partial charge in [-0.1, -0.05) is 24.3 Å². The Hall–Kier alpha value is -0.950. The number of likely N-dealkylation sites (N-methyl/N-ethyl adjacent to an activating group) is 1. The van der Waals surface area contributed by atoms with Gasteiger partial charge in [-0.2, -0.15) is 0 Å². The zero-order valence-corrected chi connectivity index (χ0v) is 10.7. The molecule has 3 N–H and O–H groups in total. The number of aliphatic hydroxyl groups is 1. The lowest BCUT2D eigenvalue weighted by Crippen LogP contribution is -2.31. The van der Waals surface area contributed by atoms with Crippen LogP contribution >= 0.6 is 0 Å². The van der Waals surface area contributed by atoms with Crippen molar-refractivity contribution in [3.63, 3.8) is 0 Å². The molecule has 0 heterocycles. The van der Waals surface area contributed by atoms with E-state index in [2.05, 4.69) is 0 Å². The first kappa shape index (κ1) is 14.1. The molecule has 1 aromatic rings. The van der Waals surface area contributed by atoms with Crippen LogP contribution in [0.3, 0.4) is 0 Å². The van der Waals surface area contributed by atoms with Crippen LogP contribution < -0.4 is 5.73 Å². The summed E-state index contributed by atoms with van der Waals surface area (Å²) in [4.78, 5) is 0. The highest BCUT2D eigenvalue weighted by Gasteiger charge is 2.19. The molecular weight excluding hydrogens is 240 g/mol. The summed E-state index contributed by atoms with van der Waals surface area (Å²) in [5, 5.41) is 8.74. The number of aliphatic hydroxyl groups excluding tert-OH is 1. The van der Waals surface area contributed by atoms with Gasteiger partial charge >= 0.3 is 0 Å². The molecule has 0 aromatic heterocycles. The second-order valence-electron chi connectivity index (χ2n) is 3.77. The quantitative estimate of drug-likeness (QED) is 0.746. The summed E-state index contributed by atoms with van der Waals surface area (Å²) in [6.07, 6.45) is 0. The fourth-order valence-corrected chi connectivity index (χ4v) is 2.74. The number of hydrogen-bond donors (Lipinski definition) is 2. The van der Waals surface area contributed by atoms with Gasteiger partial charge in [0.15, 0.2) is 0 Å². The first-order valence-electron chi connectivity index (χ1n) is 5.33. The SMILES string of the molecule is CN(CCO)S(=O)(=O)Cc1ccccc1CN. The topological polar surface area (TPSA) is 83.6 Å². The van der Waals surface area contributed by atoms with E-state index >= 15 is 0 Å². The van der Waals surface area contributed by atoms with Crippen LogP contribution in [0.15, 0.2) is 24.3 Å². The van der Waals surface area contributed by atoms with Crippen LogP contribution in [-0.2, 0) is 22.3 Å². The second kappa shape index (κ2) is 6.11. The molecule has 0 aliphatic heterocycles. The fourth-order valence-electron chi connectivity index (χ4n) is 1.48. The van der Waals surface area contributed by atoms with Gasteiger partial charge in [-0.3, -0.25) is 0 Å². The fraction of sp³-hybridized carbons (Fsp3) is 0.455. The Morgan fingerprint density at radius 2 is 1.88 bits per heavy atom. The summed E-state index contributed by atoms with van der Waals surface area (Å²) >= 11 is 0. The second-order valence-corrected chi connectivity index (χ2v) is 5.85. The summed E-state index contributed by atoms with van der Waals surface area (Å²) in [7, 11) is -1.94. The van der Waals surface area contributed by atoms with Crippen LogP contribution in [0.25, 0.3) is 0 Å². The normalized spacial score (nSPS) is 12.0. The van der Waals surface area contributed by atoms with Gasteiger partial charge in [-0.05, 0) is 11.1 Å². The van der Waals surface area contributed by atoms with E-state index in [4.69, 9.17) is 10.8 Å². The van der Waals surface area contributed by atoms with Crippen LogP contribution in [0.5, 0.6) is 0 Å². The summed E-state index contributed by atoms with van der Waals surface area (Å²) in [5.74, 6) is -0.0864. The van der Waals surface area contributed by atoms with E-state index in [1.165, 1.54) is 7.05 Å². The van der Waals surface area contributed by atoms with Gasteiger partial charge in [0.05, 0.1) is 12.4 Å². The van der Waals surface area contributed by atoms with Crippen LogP contribution in [0.4, 0.5) is 0 Å². The van der Waals surface area contributed by atoms with Gasteiger partial charge in [0, 0.05) is 20.1 Å². The van der Waals surface area contributed by atoms with Crippen LogP contribution in [0.1, 0.15) is 11.1 Å². The highest BCUT2D eigenvalue weighted by atomic mass is 32.2. The van der Waals surface area contributed by atoms with E-state index in [0.717, 1.165) is 9.87 Å². The molecule has 0 bridgehead atoms. The van der Waals surface area contributed by atoms with E-state index in [9.17, 15) is 8.42 Å². The minimum absolute atomic E-state index is 0.0864. The van der Waals surface area contributed by atoms with Crippen molar-refractivity contribution < 1.29 is 13.5 Å². The van der Waals surface area contributed by atoms with Crippen molar-refractivity contribution in [1.29, 1.82) is 0 Å². The molecule has 0 atom stereocenters. The Balaban J connectivity index is 2.90. The molecule has 0 unspecified atom stereocenters. The largest absolute Gasteiger partial charge is 0.395 e. The molecule has 1 aromatic carbocycles. The highest BCUT2D eigenvalue weighted by Crippen LogP contribution is 2.13.